The molecule has 0 fully saturated rings. The molecule has 6 nitrogen and oxygen atoms in total. The highest BCUT2D eigenvalue weighted by atomic mass is 16.6. The summed E-state index contributed by atoms with van der Waals surface area (Å²) in [5.74, 6) is -0.869. The van der Waals surface area contributed by atoms with E-state index in [1.54, 1.807) is 0 Å². The van der Waals surface area contributed by atoms with Crippen LogP contribution in [0.3, 0.4) is 0 Å². The minimum Gasteiger partial charge on any atom is -0.462 e. The van der Waals surface area contributed by atoms with Gasteiger partial charge in [0, 0.05) is 19.3 Å². The molecule has 1 atom stereocenters. The first-order chi connectivity index (χ1) is 29.5. The number of hydrogen-bond donors (Lipinski definition) is 0. The lowest BCUT2D eigenvalue weighted by molar-refractivity contribution is -0.167. The molecule has 0 bridgehead atoms. The van der Waals surface area contributed by atoms with Crippen LogP contribution in [-0.4, -0.2) is 37.2 Å². The molecule has 0 saturated carbocycles. The van der Waals surface area contributed by atoms with Crippen LogP contribution >= 0.6 is 0 Å². The van der Waals surface area contributed by atoms with E-state index in [1.807, 2.05) is 0 Å². The average molecular weight is 847 g/mol. The van der Waals surface area contributed by atoms with E-state index in [9.17, 15) is 14.4 Å². The van der Waals surface area contributed by atoms with Crippen LogP contribution in [0, 0.1) is 0 Å². The van der Waals surface area contributed by atoms with Crippen LogP contribution in [0.2, 0.25) is 0 Å². The molecule has 0 rings (SSSR count). The second-order valence-corrected chi connectivity index (χ2v) is 18.2. The van der Waals surface area contributed by atoms with Crippen molar-refractivity contribution in [1.29, 1.82) is 0 Å². The van der Waals surface area contributed by atoms with Gasteiger partial charge in [-0.1, -0.05) is 245 Å². The number of unbranched alkanes of at least 4 members (excludes halogenated alkanes) is 36. The number of allylic oxidation sites excluding steroid dienone is 2. The molecule has 0 N–H and O–H groups in total. The van der Waals surface area contributed by atoms with Crippen molar-refractivity contribution in [2.24, 2.45) is 0 Å². The van der Waals surface area contributed by atoms with Gasteiger partial charge in [0.15, 0.2) is 6.10 Å². The van der Waals surface area contributed by atoms with Crippen molar-refractivity contribution < 1.29 is 28.6 Å². The van der Waals surface area contributed by atoms with Gasteiger partial charge >= 0.3 is 17.9 Å². The first kappa shape index (κ1) is 58.1. The van der Waals surface area contributed by atoms with Gasteiger partial charge in [0.25, 0.3) is 0 Å². The van der Waals surface area contributed by atoms with Crippen molar-refractivity contribution >= 4 is 17.9 Å². The quantitative estimate of drug-likeness (QED) is 0.0263. The smallest absolute Gasteiger partial charge is 0.306 e. The lowest BCUT2D eigenvalue weighted by Crippen LogP contribution is -2.30. The second kappa shape index (κ2) is 49.8. The molecule has 0 aromatic carbocycles. The van der Waals surface area contributed by atoms with Crippen LogP contribution < -0.4 is 0 Å². The van der Waals surface area contributed by atoms with Crippen LogP contribution in [0.4, 0.5) is 0 Å². The van der Waals surface area contributed by atoms with E-state index < -0.39 is 6.10 Å². The monoisotopic (exact) mass is 847 g/mol. The molecule has 1 unspecified atom stereocenters. The third kappa shape index (κ3) is 47.2. The summed E-state index contributed by atoms with van der Waals surface area (Å²) in [5, 5.41) is 0. The van der Waals surface area contributed by atoms with Gasteiger partial charge in [-0.2, -0.15) is 0 Å². The molecule has 0 aromatic rings. The van der Waals surface area contributed by atoms with Crippen LogP contribution in [0.5, 0.6) is 0 Å². The van der Waals surface area contributed by atoms with Gasteiger partial charge in [-0.25, -0.2) is 0 Å². The highest BCUT2D eigenvalue weighted by Gasteiger charge is 2.19. The standard InChI is InChI=1S/C54H102O6/c1-4-7-10-13-15-17-19-21-23-25-27-29-30-32-34-36-38-41-44-47-53(56)59-50-51(49-58-52(55)46-43-40-12-9-6-3)60-54(57)48-45-42-39-37-35-33-31-28-26-24-22-20-18-16-14-11-8-5-2/h24,26,51H,4-23,25,27-50H2,1-3H3/b26-24-. The molecule has 0 aliphatic rings. The summed E-state index contributed by atoms with van der Waals surface area (Å²) in [6, 6.07) is 0. The predicted molar refractivity (Wildman–Crippen MR) is 256 cm³/mol. The topological polar surface area (TPSA) is 78.9 Å². The fourth-order valence-electron chi connectivity index (χ4n) is 7.97. The first-order valence-electron chi connectivity index (χ1n) is 26.7. The fourth-order valence-corrected chi connectivity index (χ4v) is 7.97. The molecule has 0 aliphatic carbocycles. The number of hydrogen-bond acceptors (Lipinski definition) is 6. The molecule has 0 aliphatic heterocycles. The van der Waals surface area contributed by atoms with E-state index in [0.29, 0.717) is 19.3 Å². The Hall–Kier alpha value is -1.85. The Morgan fingerprint density at radius 2 is 0.550 bits per heavy atom. The number of rotatable bonds is 49. The Morgan fingerprint density at radius 1 is 0.317 bits per heavy atom. The van der Waals surface area contributed by atoms with E-state index in [4.69, 9.17) is 14.2 Å². The molecular formula is C54H102O6. The maximum atomic E-state index is 12.7. The van der Waals surface area contributed by atoms with Crippen molar-refractivity contribution in [3.8, 4) is 0 Å². The van der Waals surface area contributed by atoms with Gasteiger partial charge in [0.05, 0.1) is 0 Å². The molecule has 60 heavy (non-hydrogen) atoms. The van der Waals surface area contributed by atoms with Gasteiger partial charge in [-0.15, -0.1) is 0 Å². The summed E-state index contributed by atoms with van der Waals surface area (Å²) in [7, 11) is 0. The van der Waals surface area contributed by atoms with Gasteiger partial charge < -0.3 is 14.2 Å². The summed E-state index contributed by atoms with van der Waals surface area (Å²) in [5.41, 5.74) is 0. The zero-order valence-corrected chi connectivity index (χ0v) is 40.5. The molecule has 0 saturated heterocycles. The summed E-state index contributed by atoms with van der Waals surface area (Å²) in [6.45, 7) is 6.59. The minimum absolute atomic E-state index is 0.0677. The summed E-state index contributed by atoms with van der Waals surface area (Å²) < 4.78 is 16.7. The molecule has 0 heterocycles. The van der Waals surface area contributed by atoms with Crippen molar-refractivity contribution in [2.75, 3.05) is 13.2 Å². The molecule has 6 heteroatoms. The summed E-state index contributed by atoms with van der Waals surface area (Å²) >= 11 is 0. The number of carbonyl (C=O) groups excluding carboxylic acids is 3. The molecule has 0 spiro atoms. The average Bonchev–Trinajstić information content (AvgIpc) is 3.24. The van der Waals surface area contributed by atoms with Gasteiger partial charge in [0.1, 0.15) is 13.2 Å². The van der Waals surface area contributed by atoms with E-state index in [1.165, 1.54) is 193 Å². The highest BCUT2D eigenvalue weighted by molar-refractivity contribution is 5.71. The highest BCUT2D eigenvalue weighted by Crippen LogP contribution is 2.16. The number of ether oxygens (including phenoxy) is 3. The fraction of sp³-hybridized carbons (Fsp3) is 0.907. The molecule has 0 aromatic heterocycles. The summed E-state index contributed by atoms with van der Waals surface area (Å²) in [4.78, 5) is 37.7. The first-order valence-corrected chi connectivity index (χ1v) is 26.7. The third-order valence-electron chi connectivity index (χ3n) is 12.0. The lowest BCUT2D eigenvalue weighted by atomic mass is 10.0. The third-order valence-corrected chi connectivity index (χ3v) is 12.0. The molecule has 354 valence electrons. The Kier molecular flexibility index (Phi) is 48.3. The normalized spacial score (nSPS) is 12.0. The Labute approximate surface area is 373 Å². The van der Waals surface area contributed by atoms with Crippen molar-refractivity contribution in [3.63, 3.8) is 0 Å². The van der Waals surface area contributed by atoms with Crippen molar-refractivity contribution in [3.05, 3.63) is 12.2 Å². The van der Waals surface area contributed by atoms with E-state index >= 15 is 0 Å². The Bertz CT molecular complexity index is 931. The van der Waals surface area contributed by atoms with Gasteiger partial charge in [0.2, 0.25) is 0 Å². The maximum Gasteiger partial charge on any atom is 0.306 e. The predicted octanol–water partition coefficient (Wildman–Crippen LogP) is 17.4. The van der Waals surface area contributed by atoms with E-state index in [2.05, 4.69) is 32.9 Å². The number of carbonyl (C=O) groups is 3. The zero-order valence-electron chi connectivity index (χ0n) is 40.5. The van der Waals surface area contributed by atoms with Crippen LogP contribution in [-0.2, 0) is 28.6 Å². The second-order valence-electron chi connectivity index (χ2n) is 18.2. The van der Waals surface area contributed by atoms with Gasteiger partial charge in [-0.3, -0.25) is 14.4 Å². The largest absolute Gasteiger partial charge is 0.462 e. The number of esters is 3. The van der Waals surface area contributed by atoms with Crippen molar-refractivity contribution in [2.45, 2.75) is 303 Å². The van der Waals surface area contributed by atoms with Crippen molar-refractivity contribution in [1.82, 2.24) is 0 Å². The van der Waals surface area contributed by atoms with Gasteiger partial charge in [-0.05, 0) is 44.9 Å². The maximum absolute atomic E-state index is 12.7. The molecular weight excluding hydrogens is 745 g/mol. The van der Waals surface area contributed by atoms with Crippen LogP contribution in [0.15, 0.2) is 12.2 Å². The molecule has 0 amide bonds. The lowest BCUT2D eigenvalue weighted by Gasteiger charge is -2.18. The van der Waals surface area contributed by atoms with Crippen LogP contribution in [0.25, 0.3) is 0 Å². The van der Waals surface area contributed by atoms with E-state index in [-0.39, 0.29) is 31.1 Å². The Balaban J connectivity index is 4.10. The van der Waals surface area contributed by atoms with E-state index in [0.717, 1.165) is 64.2 Å². The Morgan fingerprint density at radius 3 is 0.833 bits per heavy atom. The summed E-state index contributed by atoms with van der Waals surface area (Å²) in [6.07, 6.45) is 55.2. The molecule has 0 radical (unpaired) electrons. The van der Waals surface area contributed by atoms with Crippen LogP contribution in [0.1, 0.15) is 297 Å². The SMILES string of the molecule is CCCCCCCCC/C=C\CCCCCCCCCC(=O)OC(COC(=O)CCCCCCC)COC(=O)CCCCCCCCCCCCCCCCCCCCC. The zero-order chi connectivity index (χ0) is 43.7. The minimum atomic E-state index is -0.764.